The average molecular weight is 317 g/mol. The Morgan fingerprint density at radius 1 is 1.30 bits per heavy atom. The number of ether oxygens (including phenoxy) is 1. The maximum atomic E-state index is 12.4. The molecule has 3 rings (SSSR count). The number of carbonyl (C=O) groups is 1. The molecule has 0 amide bonds. The van der Waals surface area contributed by atoms with Gasteiger partial charge in [0, 0.05) is 13.2 Å². The maximum Gasteiger partial charge on any atom is 0.359 e. The highest BCUT2D eigenvalue weighted by Crippen LogP contribution is 2.30. The van der Waals surface area contributed by atoms with Gasteiger partial charge in [0.15, 0.2) is 5.69 Å². The van der Waals surface area contributed by atoms with E-state index >= 15 is 0 Å². The van der Waals surface area contributed by atoms with E-state index in [1.165, 1.54) is 17.5 Å². The van der Waals surface area contributed by atoms with E-state index in [9.17, 15) is 4.79 Å². The largest absolute Gasteiger partial charge is 0.455 e. The smallest absolute Gasteiger partial charge is 0.359 e. The van der Waals surface area contributed by atoms with Crippen molar-refractivity contribution < 1.29 is 9.53 Å². The fourth-order valence-corrected chi connectivity index (χ4v) is 2.92. The Bertz CT molecular complexity index is 704. The van der Waals surface area contributed by atoms with E-state index < -0.39 is 11.6 Å². The van der Waals surface area contributed by atoms with Crippen LogP contribution in [0.1, 0.15) is 63.0 Å². The minimum atomic E-state index is -0.568. The van der Waals surface area contributed by atoms with Crippen LogP contribution in [0.25, 0.3) is 11.4 Å². The summed E-state index contributed by atoms with van der Waals surface area (Å²) in [5, 5.41) is 12.7. The number of nitrogens with zero attached hydrogens (tertiary/aromatic N) is 5. The number of hydrogen-bond acceptors (Lipinski definition) is 5. The van der Waals surface area contributed by atoms with Crippen LogP contribution >= 0.6 is 0 Å². The average Bonchev–Trinajstić information content (AvgIpc) is 3.16. The number of esters is 1. The van der Waals surface area contributed by atoms with Gasteiger partial charge in [0.25, 0.3) is 0 Å². The molecule has 2 aromatic rings. The van der Waals surface area contributed by atoms with Crippen LogP contribution in [-0.2, 0) is 11.8 Å². The second kappa shape index (κ2) is 5.79. The van der Waals surface area contributed by atoms with Gasteiger partial charge in [0.1, 0.15) is 17.0 Å². The van der Waals surface area contributed by atoms with Gasteiger partial charge in [-0.3, -0.25) is 4.68 Å². The van der Waals surface area contributed by atoms with E-state index in [-0.39, 0.29) is 0 Å². The molecule has 0 N–H and O–H groups in total. The lowest BCUT2D eigenvalue weighted by molar-refractivity contribution is 0.00585. The van der Waals surface area contributed by atoms with Crippen LogP contribution in [-0.4, -0.2) is 36.3 Å². The highest BCUT2D eigenvalue weighted by Gasteiger charge is 2.27. The molecule has 7 nitrogen and oxygen atoms in total. The van der Waals surface area contributed by atoms with Gasteiger partial charge < -0.3 is 4.74 Å². The van der Waals surface area contributed by atoms with E-state index in [4.69, 9.17) is 4.74 Å². The summed E-state index contributed by atoms with van der Waals surface area (Å²) in [5.74, 6) is -0.435. The van der Waals surface area contributed by atoms with E-state index in [2.05, 4.69) is 15.4 Å². The van der Waals surface area contributed by atoms with Gasteiger partial charge in [-0.1, -0.05) is 18.1 Å². The zero-order chi connectivity index (χ0) is 16.6. The van der Waals surface area contributed by atoms with Crippen molar-refractivity contribution in [2.24, 2.45) is 7.05 Å². The Morgan fingerprint density at radius 3 is 2.65 bits per heavy atom. The van der Waals surface area contributed by atoms with Crippen LogP contribution in [0.15, 0.2) is 12.3 Å². The topological polar surface area (TPSA) is 74.8 Å². The summed E-state index contributed by atoms with van der Waals surface area (Å²) in [6.07, 6.45) is 6.75. The van der Waals surface area contributed by atoms with Crippen molar-refractivity contribution in [3.8, 4) is 11.4 Å². The number of aryl methyl sites for hydroxylation is 1. The van der Waals surface area contributed by atoms with Crippen molar-refractivity contribution in [1.29, 1.82) is 0 Å². The second-order valence-electron chi connectivity index (χ2n) is 7.03. The van der Waals surface area contributed by atoms with Crippen LogP contribution < -0.4 is 0 Å². The zero-order valence-corrected chi connectivity index (χ0v) is 14.1. The molecule has 1 aliphatic rings. The first-order valence-electron chi connectivity index (χ1n) is 8.04. The molecule has 0 radical (unpaired) electrons. The Hall–Kier alpha value is -2.18. The predicted octanol–water partition coefficient (Wildman–Crippen LogP) is 2.75. The first-order chi connectivity index (χ1) is 10.8. The predicted molar refractivity (Wildman–Crippen MR) is 84.9 cm³/mol. The Kier molecular flexibility index (Phi) is 3.95. The third kappa shape index (κ3) is 3.28. The third-order valence-electron chi connectivity index (χ3n) is 3.97. The van der Waals surface area contributed by atoms with Crippen LogP contribution in [0, 0.1) is 0 Å². The minimum absolute atomic E-state index is 0.330. The molecule has 23 heavy (non-hydrogen) atoms. The molecule has 0 atom stereocenters. The van der Waals surface area contributed by atoms with Crippen molar-refractivity contribution in [1.82, 2.24) is 24.8 Å². The van der Waals surface area contributed by atoms with Gasteiger partial charge in [-0.05, 0) is 39.7 Å². The minimum Gasteiger partial charge on any atom is -0.455 e. The summed E-state index contributed by atoms with van der Waals surface area (Å²) < 4.78 is 8.88. The van der Waals surface area contributed by atoms with Crippen LogP contribution in [0.2, 0.25) is 0 Å². The van der Waals surface area contributed by atoms with Crippen molar-refractivity contribution >= 4 is 5.97 Å². The molecular weight excluding hydrogens is 294 g/mol. The Morgan fingerprint density at radius 2 is 2.00 bits per heavy atom. The van der Waals surface area contributed by atoms with Gasteiger partial charge >= 0.3 is 5.97 Å². The first kappa shape index (κ1) is 15.7. The lowest BCUT2D eigenvalue weighted by atomic mass is 10.2. The molecule has 0 spiro atoms. The first-order valence-corrected chi connectivity index (χ1v) is 8.04. The van der Waals surface area contributed by atoms with Gasteiger partial charge in [-0.15, -0.1) is 5.10 Å². The second-order valence-corrected chi connectivity index (χ2v) is 7.03. The molecular formula is C16H23N5O2. The Balaban J connectivity index is 1.90. The normalized spacial score (nSPS) is 16.0. The summed E-state index contributed by atoms with van der Waals surface area (Å²) in [6.45, 7) is 5.51. The lowest BCUT2D eigenvalue weighted by Crippen LogP contribution is -2.25. The molecule has 1 fully saturated rings. The highest BCUT2D eigenvalue weighted by atomic mass is 16.6. The van der Waals surface area contributed by atoms with E-state index in [1.54, 1.807) is 7.05 Å². The Labute approximate surface area is 135 Å². The van der Waals surface area contributed by atoms with Gasteiger partial charge in [0.05, 0.1) is 6.04 Å². The van der Waals surface area contributed by atoms with Crippen LogP contribution in [0.4, 0.5) is 0 Å². The number of carbonyl (C=O) groups excluding carboxylic acids is 1. The number of aromatic nitrogens is 5. The molecule has 124 valence electrons. The summed E-state index contributed by atoms with van der Waals surface area (Å²) >= 11 is 0. The van der Waals surface area contributed by atoms with E-state index in [0.717, 1.165) is 12.8 Å². The monoisotopic (exact) mass is 317 g/mol. The maximum absolute atomic E-state index is 12.4. The molecule has 0 bridgehead atoms. The highest BCUT2D eigenvalue weighted by molar-refractivity contribution is 5.93. The fraction of sp³-hybridized carbons (Fsp3) is 0.625. The van der Waals surface area contributed by atoms with Crippen molar-refractivity contribution in [3.63, 3.8) is 0 Å². The molecule has 2 aromatic heterocycles. The van der Waals surface area contributed by atoms with E-state index in [0.29, 0.717) is 23.1 Å². The number of rotatable bonds is 3. The van der Waals surface area contributed by atoms with Crippen molar-refractivity contribution in [3.05, 3.63) is 18.0 Å². The molecule has 0 saturated heterocycles. The molecule has 0 unspecified atom stereocenters. The van der Waals surface area contributed by atoms with Crippen LogP contribution in [0.5, 0.6) is 0 Å². The fourth-order valence-electron chi connectivity index (χ4n) is 2.92. The zero-order valence-electron chi connectivity index (χ0n) is 14.1. The molecule has 7 heteroatoms. The molecule has 1 saturated carbocycles. The SMILES string of the molecule is Cn1nnc(-c2ccn(C3CCCC3)n2)c1C(=O)OC(C)(C)C. The summed E-state index contributed by atoms with van der Waals surface area (Å²) in [6, 6.07) is 2.33. The van der Waals surface area contributed by atoms with Gasteiger partial charge in [0.2, 0.25) is 0 Å². The molecule has 2 heterocycles. The molecule has 0 aromatic carbocycles. The van der Waals surface area contributed by atoms with Crippen molar-refractivity contribution in [2.75, 3.05) is 0 Å². The standard InChI is InChI=1S/C16H23N5O2/c1-16(2,3)23-15(22)14-13(17-19-20(14)4)12-9-10-21(18-12)11-7-5-6-8-11/h9-11H,5-8H2,1-4H3. The molecule has 1 aliphatic carbocycles. The summed E-state index contributed by atoms with van der Waals surface area (Å²) in [5.41, 5.74) is 0.892. The lowest BCUT2D eigenvalue weighted by Gasteiger charge is -2.19. The summed E-state index contributed by atoms with van der Waals surface area (Å²) in [7, 11) is 1.68. The summed E-state index contributed by atoms with van der Waals surface area (Å²) in [4.78, 5) is 12.4. The third-order valence-corrected chi connectivity index (χ3v) is 3.97. The van der Waals surface area contributed by atoms with Crippen LogP contribution in [0.3, 0.4) is 0 Å². The van der Waals surface area contributed by atoms with Gasteiger partial charge in [-0.25, -0.2) is 9.48 Å². The van der Waals surface area contributed by atoms with Crippen molar-refractivity contribution in [2.45, 2.75) is 58.1 Å². The number of hydrogen-bond donors (Lipinski definition) is 0. The molecule has 0 aliphatic heterocycles. The quantitative estimate of drug-likeness (QED) is 0.814. The van der Waals surface area contributed by atoms with Gasteiger partial charge in [-0.2, -0.15) is 5.10 Å². The van der Waals surface area contributed by atoms with E-state index in [1.807, 2.05) is 37.7 Å².